The highest BCUT2D eigenvalue weighted by atomic mass is 19.2. The number of methoxy groups -OCH3 is 1. The summed E-state index contributed by atoms with van der Waals surface area (Å²) in [6.45, 7) is 7.76. The Morgan fingerprint density at radius 1 is 1.06 bits per heavy atom. The third-order valence-corrected chi connectivity index (χ3v) is 5.13. The largest absolute Gasteiger partial charge is 0.385 e. The molecular weight excluding hydrogens is 452 g/mol. The number of hydrogen-bond donors (Lipinski definition) is 1. The van der Waals surface area contributed by atoms with Crippen LogP contribution < -0.4 is 5.32 Å². The van der Waals surface area contributed by atoms with Crippen LogP contribution in [0.25, 0.3) is 22.9 Å². The van der Waals surface area contributed by atoms with E-state index in [1.54, 1.807) is 24.2 Å². The van der Waals surface area contributed by atoms with Crippen LogP contribution in [-0.2, 0) is 17.8 Å². The molecule has 0 aliphatic rings. The molecule has 1 N–H and O–H groups in total. The predicted octanol–water partition coefficient (Wildman–Crippen LogP) is 4.78. The average Bonchev–Trinajstić information content (AvgIpc) is 3.43. The number of anilines is 1. The highest BCUT2D eigenvalue weighted by molar-refractivity contribution is 5.60. The zero-order valence-corrected chi connectivity index (χ0v) is 20.3. The van der Waals surface area contributed by atoms with E-state index in [1.807, 2.05) is 23.0 Å². The molecule has 0 unspecified atom stereocenters. The van der Waals surface area contributed by atoms with Crippen LogP contribution in [0.3, 0.4) is 0 Å². The molecule has 1 aromatic carbocycles. The Kier molecular flexibility index (Phi) is 7.20. The van der Waals surface area contributed by atoms with Crippen molar-refractivity contribution in [2.24, 2.45) is 0 Å². The number of pyridine rings is 1. The van der Waals surface area contributed by atoms with E-state index in [1.165, 1.54) is 12.1 Å². The third kappa shape index (κ3) is 6.27. The number of hydrogen-bond acceptors (Lipinski definition) is 6. The SMILES string of the molecule is COCCCn1cc(-c2nc(-c3ccc(NC(C)(C)C)cn3)nn2Cc2ccc(F)c(F)c2)cn1. The number of ether oxygens (including phenoxy) is 1. The van der Waals surface area contributed by atoms with Gasteiger partial charge in [-0.1, -0.05) is 6.07 Å². The zero-order chi connectivity index (χ0) is 25.0. The molecule has 0 bridgehead atoms. The topological polar surface area (TPSA) is 82.7 Å². The van der Waals surface area contributed by atoms with Crippen LogP contribution in [0, 0.1) is 11.6 Å². The average molecular weight is 482 g/mol. The van der Waals surface area contributed by atoms with Crippen LogP contribution in [0.1, 0.15) is 32.8 Å². The normalized spacial score (nSPS) is 11.7. The molecule has 4 rings (SSSR count). The first-order chi connectivity index (χ1) is 16.7. The van der Waals surface area contributed by atoms with Crippen LogP contribution >= 0.6 is 0 Å². The predicted molar refractivity (Wildman–Crippen MR) is 130 cm³/mol. The molecule has 0 atom stereocenters. The van der Waals surface area contributed by atoms with Gasteiger partial charge >= 0.3 is 0 Å². The summed E-state index contributed by atoms with van der Waals surface area (Å²) in [5, 5.41) is 12.4. The maximum absolute atomic E-state index is 13.8. The van der Waals surface area contributed by atoms with Crippen LogP contribution in [0.2, 0.25) is 0 Å². The molecule has 0 aliphatic carbocycles. The van der Waals surface area contributed by atoms with Gasteiger partial charge in [0.1, 0.15) is 5.69 Å². The summed E-state index contributed by atoms with van der Waals surface area (Å²) in [4.78, 5) is 9.25. The Bertz CT molecular complexity index is 1280. The fourth-order valence-corrected chi connectivity index (χ4v) is 3.59. The monoisotopic (exact) mass is 481 g/mol. The van der Waals surface area contributed by atoms with Gasteiger partial charge in [-0.05, 0) is 57.0 Å². The first kappa shape index (κ1) is 24.5. The summed E-state index contributed by atoms with van der Waals surface area (Å²) in [5.41, 5.74) is 2.72. The molecule has 3 heterocycles. The van der Waals surface area contributed by atoms with Crippen molar-refractivity contribution in [3.8, 4) is 22.9 Å². The number of halogens is 2. The lowest BCUT2D eigenvalue weighted by atomic mass is 10.1. The number of rotatable bonds is 9. The minimum Gasteiger partial charge on any atom is -0.385 e. The smallest absolute Gasteiger partial charge is 0.200 e. The minimum absolute atomic E-state index is 0.0932. The van der Waals surface area contributed by atoms with Gasteiger partial charge < -0.3 is 10.1 Å². The molecule has 3 aromatic heterocycles. The fourth-order valence-electron chi connectivity index (χ4n) is 3.59. The van der Waals surface area contributed by atoms with Gasteiger partial charge in [0.25, 0.3) is 0 Å². The van der Waals surface area contributed by atoms with Crippen molar-refractivity contribution in [1.82, 2.24) is 29.5 Å². The minimum atomic E-state index is -0.904. The van der Waals surface area contributed by atoms with Gasteiger partial charge in [-0.15, -0.1) is 5.10 Å². The number of nitrogens with one attached hydrogen (secondary N) is 1. The lowest BCUT2D eigenvalue weighted by Gasteiger charge is -2.21. The van der Waals surface area contributed by atoms with E-state index < -0.39 is 11.6 Å². The summed E-state index contributed by atoms with van der Waals surface area (Å²) in [5.74, 6) is -0.809. The Morgan fingerprint density at radius 3 is 2.57 bits per heavy atom. The first-order valence-corrected chi connectivity index (χ1v) is 11.4. The summed E-state index contributed by atoms with van der Waals surface area (Å²) >= 11 is 0. The van der Waals surface area contributed by atoms with Gasteiger partial charge in [0, 0.05) is 32.0 Å². The second-order valence-electron chi connectivity index (χ2n) is 9.31. The van der Waals surface area contributed by atoms with E-state index >= 15 is 0 Å². The zero-order valence-electron chi connectivity index (χ0n) is 20.3. The lowest BCUT2D eigenvalue weighted by Crippen LogP contribution is -2.26. The molecular formula is C25H29F2N7O. The Hall–Kier alpha value is -3.66. The standard InChI is InChI=1S/C25H29F2N7O/c1-25(2,3)31-19-7-9-22(28-14-19)23-30-24(18-13-29-33(16-18)10-5-11-35-4)34(32-23)15-17-6-8-20(26)21(27)12-17/h6-9,12-14,16,31H,5,10-11,15H2,1-4H3. The van der Waals surface area contributed by atoms with E-state index in [-0.39, 0.29) is 12.1 Å². The molecule has 184 valence electrons. The Morgan fingerprint density at radius 2 is 1.89 bits per heavy atom. The maximum Gasteiger partial charge on any atom is 0.200 e. The summed E-state index contributed by atoms with van der Waals surface area (Å²) < 4.78 is 35.8. The molecule has 0 fully saturated rings. The first-order valence-electron chi connectivity index (χ1n) is 11.4. The summed E-state index contributed by atoms with van der Waals surface area (Å²) in [6, 6.07) is 7.59. The number of benzene rings is 1. The van der Waals surface area contributed by atoms with Crippen molar-refractivity contribution >= 4 is 5.69 Å². The van der Waals surface area contributed by atoms with Crippen molar-refractivity contribution < 1.29 is 13.5 Å². The highest BCUT2D eigenvalue weighted by Gasteiger charge is 2.18. The van der Waals surface area contributed by atoms with E-state index in [0.29, 0.717) is 36.1 Å². The molecule has 4 aromatic rings. The Labute approximate surface area is 203 Å². The summed E-state index contributed by atoms with van der Waals surface area (Å²) in [6.07, 6.45) is 6.16. The molecule has 0 amide bonds. The number of nitrogens with zero attached hydrogens (tertiary/aromatic N) is 6. The second kappa shape index (κ2) is 10.3. The number of aryl methyl sites for hydroxylation is 1. The van der Waals surface area contributed by atoms with Crippen molar-refractivity contribution in [3.63, 3.8) is 0 Å². The fraction of sp³-hybridized carbons (Fsp3) is 0.360. The third-order valence-electron chi connectivity index (χ3n) is 5.13. The van der Waals surface area contributed by atoms with E-state index in [4.69, 9.17) is 9.72 Å². The van der Waals surface area contributed by atoms with Crippen LogP contribution in [0.4, 0.5) is 14.5 Å². The van der Waals surface area contributed by atoms with Gasteiger partial charge in [0.05, 0.1) is 30.2 Å². The summed E-state index contributed by atoms with van der Waals surface area (Å²) in [7, 11) is 1.66. The maximum atomic E-state index is 13.8. The highest BCUT2D eigenvalue weighted by Crippen LogP contribution is 2.24. The second-order valence-corrected chi connectivity index (χ2v) is 9.31. The molecule has 10 heteroatoms. The molecule has 0 saturated carbocycles. The van der Waals surface area contributed by atoms with E-state index in [9.17, 15) is 8.78 Å². The quantitative estimate of drug-likeness (QED) is 0.347. The van der Waals surface area contributed by atoms with Gasteiger partial charge in [-0.3, -0.25) is 9.67 Å². The van der Waals surface area contributed by atoms with E-state index in [0.717, 1.165) is 23.7 Å². The molecule has 0 spiro atoms. The lowest BCUT2D eigenvalue weighted by molar-refractivity contribution is 0.189. The van der Waals surface area contributed by atoms with Crippen LogP contribution in [0.5, 0.6) is 0 Å². The van der Waals surface area contributed by atoms with Gasteiger partial charge in [0.2, 0.25) is 0 Å². The van der Waals surface area contributed by atoms with Crippen LogP contribution in [0.15, 0.2) is 48.9 Å². The van der Waals surface area contributed by atoms with Crippen molar-refractivity contribution in [2.45, 2.75) is 45.8 Å². The van der Waals surface area contributed by atoms with Crippen molar-refractivity contribution in [3.05, 3.63) is 66.1 Å². The van der Waals surface area contributed by atoms with E-state index in [2.05, 4.69) is 41.3 Å². The van der Waals surface area contributed by atoms with Crippen molar-refractivity contribution in [2.75, 3.05) is 19.0 Å². The van der Waals surface area contributed by atoms with Crippen molar-refractivity contribution in [1.29, 1.82) is 0 Å². The van der Waals surface area contributed by atoms with Crippen LogP contribution in [-0.4, -0.2) is 48.8 Å². The molecule has 0 saturated heterocycles. The van der Waals surface area contributed by atoms with Gasteiger partial charge in [-0.25, -0.2) is 18.4 Å². The molecule has 0 radical (unpaired) electrons. The molecule has 8 nitrogen and oxygen atoms in total. The van der Waals surface area contributed by atoms with Gasteiger partial charge in [0.15, 0.2) is 23.3 Å². The Balaban J connectivity index is 1.66. The van der Waals surface area contributed by atoms with Gasteiger partial charge in [-0.2, -0.15) is 5.10 Å². The molecule has 0 aliphatic heterocycles. The molecule has 35 heavy (non-hydrogen) atoms. The number of aromatic nitrogens is 6.